The van der Waals surface area contributed by atoms with Crippen LogP contribution in [0.3, 0.4) is 0 Å². The van der Waals surface area contributed by atoms with Crippen LogP contribution >= 0.6 is 0 Å². The summed E-state index contributed by atoms with van der Waals surface area (Å²) in [7, 11) is 1.60. The van der Waals surface area contributed by atoms with Gasteiger partial charge in [0.15, 0.2) is 11.6 Å². The minimum Gasteiger partial charge on any atom is -0.497 e. The first kappa shape index (κ1) is 18.8. The summed E-state index contributed by atoms with van der Waals surface area (Å²) in [5.74, 6) is -2.60. The second kappa shape index (κ2) is 8.16. The number of hydrogen-bond donors (Lipinski definition) is 2. The first-order valence-electron chi connectivity index (χ1n) is 8.64. The van der Waals surface area contributed by atoms with Crippen molar-refractivity contribution in [2.75, 3.05) is 19.0 Å². The van der Waals surface area contributed by atoms with E-state index in [4.69, 9.17) is 4.74 Å². The second-order valence-corrected chi connectivity index (χ2v) is 6.46. The monoisotopic (exact) mass is 374 g/mol. The van der Waals surface area contributed by atoms with Crippen LogP contribution in [0.15, 0.2) is 42.5 Å². The maximum absolute atomic E-state index is 13.2. The fourth-order valence-corrected chi connectivity index (χ4v) is 2.84. The van der Waals surface area contributed by atoms with Gasteiger partial charge in [0.25, 0.3) is 0 Å². The molecule has 0 bridgehead atoms. The van der Waals surface area contributed by atoms with Crippen molar-refractivity contribution >= 4 is 17.5 Å². The fourth-order valence-electron chi connectivity index (χ4n) is 2.84. The Morgan fingerprint density at radius 2 is 1.74 bits per heavy atom. The minimum atomic E-state index is -1.03. The Morgan fingerprint density at radius 3 is 2.41 bits per heavy atom. The lowest BCUT2D eigenvalue weighted by atomic mass is 10.1. The van der Waals surface area contributed by atoms with E-state index in [0.717, 1.165) is 23.4 Å². The SMILES string of the molecule is COc1ccc(CCNC(=O)C2CC2C(=O)Nc2ccc(F)c(F)c2)cc1. The zero-order valence-electron chi connectivity index (χ0n) is 14.8. The van der Waals surface area contributed by atoms with Gasteiger partial charge in [0, 0.05) is 18.3 Å². The van der Waals surface area contributed by atoms with Crippen molar-refractivity contribution in [3.8, 4) is 5.75 Å². The number of amides is 2. The predicted octanol–water partition coefficient (Wildman–Crippen LogP) is 2.91. The van der Waals surface area contributed by atoms with Gasteiger partial charge in [-0.15, -0.1) is 0 Å². The molecule has 2 N–H and O–H groups in total. The van der Waals surface area contributed by atoms with Gasteiger partial charge in [0.2, 0.25) is 11.8 Å². The number of carbonyl (C=O) groups is 2. The fraction of sp³-hybridized carbons (Fsp3) is 0.300. The number of ether oxygens (including phenoxy) is 1. The Morgan fingerprint density at radius 1 is 1.04 bits per heavy atom. The van der Waals surface area contributed by atoms with Crippen LogP contribution in [-0.2, 0) is 16.0 Å². The number of benzene rings is 2. The summed E-state index contributed by atoms with van der Waals surface area (Å²) in [5.41, 5.74) is 1.24. The highest BCUT2D eigenvalue weighted by Gasteiger charge is 2.47. The number of rotatable bonds is 7. The topological polar surface area (TPSA) is 67.4 Å². The van der Waals surface area contributed by atoms with E-state index in [1.165, 1.54) is 6.07 Å². The van der Waals surface area contributed by atoms with E-state index in [0.29, 0.717) is 19.4 Å². The molecule has 3 rings (SSSR count). The molecular weight excluding hydrogens is 354 g/mol. The summed E-state index contributed by atoms with van der Waals surface area (Å²) in [5, 5.41) is 5.34. The molecule has 0 aromatic heterocycles. The number of halogens is 2. The van der Waals surface area contributed by atoms with Gasteiger partial charge in [-0.05, 0) is 42.7 Å². The van der Waals surface area contributed by atoms with Crippen LogP contribution in [0.25, 0.3) is 0 Å². The van der Waals surface area contributed by atoms with Crippen molar-refractivity contribution in [2.45, 2.75) is 12.8 Å². The smallest absolute Gasteiger partial charge is 0.228 e. The van der Waals surface area contributed by atoms with Crippen LogP contribution in [0.2, 0.25) is 0 Å². The van der Waals surface area contributed by atoms with Gasteiger partial charge in [-0.1, -0.05) is 12.1 Å². The van der Waals surface area contributed by atoms with E-state index in [-0.39, 0.29) is 23.4 Å². The summed E-state index contributed by atoms with van der Waals surface area (Å²) in [4.78, 5) is 24.3. The van der Waals surface area contributed by atoms with E-state index < -0.39 is 17.6 Å². The molecular formula is C20H20F2N2O3. The van der Waals surface area contributed by atoms with Crippen molar-refractivity contribution < 1.29 is 23.1 Å². The second-order valence-electron chi connectivity index (χ2n) is 6.46. The molecule has 2 atom stereocenters. The van der Waals surface area contributed by atoms with Crippen LogP contribution in [0.1, 0.15) is 12.0 Å². The summed E-state index contributed by atoms with van der Waals surface area (Å²) in [6.45, 7) is 0.471. The first-order valence-corrected chi connectivity index (χ1v) is 8.64. The standard InChI is InChI=1S/C20H20F2N2O3/c1-27-14-5-2-12(3-6-14)8-9-23-19(25)15-11-16(15)20(26)24-13-4-7-17(21)18(22)10-13/h2-7,10,15-16H,8-9,11H2,1H3,(H,23,25)(H,24,26). The average Bonchev–Trinajstić information content (AvgIpc) is 3.46. The third-order valence-corrected chi connectivity index (χ3v) is 4.52. The number of anilines is 1. The van der Waals surface area contributed by atoms with Gasteiger partial charge >= 0.3 is 0 Å². The van der Waals surface area contributed by atoms with E-state index >= 15 is 0 Å². The molecule has 2 aromatic rings. The normalized spacial score (nSPS) is 17.9. The lowest BCUT2D eigenvalue weighted by molar-refractivity contribution is -0.125. The highest BCUT2D eigenvalue weighted by Crippen LogP contribution is 2.39. The Hall–Kier alpha value is -2.96. The largest absolute Gasteiger partial charge is 0.497 e. The summed E-state index contributed by atoms with van der Waals surface area (Å²) in [6, 6.07) is 10.7. The summed E-state index contributed by atoms with van der Waals surface area (Å²) in [6.07, 6.45) is 1.12. The van der Waals surface area contributed by atoms with Gasteiger partial charge in [-0.2, -0.15) is 0 Å². The van der Waals surface area contributed by atoms with Crippen LogP contribution in [0.4, 0.5) is 14.5 Å². The molecule has 5 nitrogen and oxygen atoms in total. The zero-order valence-corrected chi connectivity index (χ0v) is 14.8. The highest BCUT2D eigenvalue weighted by atomic mass is 19.2. The first-order chi connectivity index (χ1) is 13.0. The molecule has 27 heavy (non-hydrogen) atoms. The third-order valence-electron chi connectivity index (χ3n) is 4.52. The number of methoxy groups -OCH3 is 1. The molecule has 1 aliphatic carbocycles. The Labute approximate surface area is 155 Å². The zero-order chi connectivity index (χ0) is 19.4. The van der Waals surface area contributed by atoms with Crippen LogP contribution < -0.4 is 15.4 Å². The van der Waals surface area contributed by atoms with Crippen LogP contribution in [-0.4, -0.2) is 25.5 Å². The van der Waals surface area contributed by atoms with Crippen molar-refractivity contribution in [3.63, 3.8) is 0 Å². The summed E-state index contributed by atoms with van der Waals surface area (Å²) < 4.78 is 31.2. The van der Waals surface area contributed by atoms with E-state index in [2.05, 4.69) is 10.6 Å². The molecule has 2 unspecified atom stereocenters. The molecule has 1 fully saturated rings. The molecule has 2 aromatic carbocycles. The number of hydrogen-bond acceptors (Lipinski definition) is 3. The molecule has 2 amide bonds. The summed E-state index contributed by atoms with van der Waals surface area (Å²) >= 11 is 0. The van der Waals surface area contributed by atoms with E-state index in [1.54, 1.807) is 7.11 Å². The van der Waals surface area contributed by atoms with Gasteiger partial charge in [0.05, 0.1) is 18.9 Å². The lowest BCUT2D eigenvalue weighted by Crippen LogP contribution is -2.29. The molecule has 0 saturated heterocycles. The molecule has 0 spiro atoms. The Kier molecular flexibility index (Phi) is 5.69. The van der Waals surface area contributed by atoms with Gasteiger partial charge in [0.1, 0.15) is 5.75 Å². The molecule has 0 radical (unpaired) electrons. The number of carbonyl (C=O) groups excluding carboxylic acids is 2. The van der Waals surface area contributed by atoms with Crippen LogP contribution in [0, 0.1) is 23.5 Å². The molecule has 0 heterocycles. The van der Waals surface area contributed by atoms with Gasteiger partial charge < -0.3 is 15.4 Å². The maximum Gasteiger partial charge on any atom is 0.228 e. The predicted molar refractivity (Wildman–Crippen MR) is 96.3 cm³/mol. The minimum absolute atomic E-state index is 0.171. The van der Waals surface area contributed by atoms with Crippen LogP contribution in [0.5, 0.6) is 5.75 Å². The molecule has 7 heteroatoms. The Bertz CT molecular complexity index is 840. The lowest BCUT2D eigenvalue weighted by Gasteiger charge is -2.07. The molecule has 142 valence electrons. The molecule has 1 saturated carbocycles. The van der Waals surface area contributed by atoms with Crippen molar-refractivity contribution in [1.82, 2.24) is 5.32 Å². The average molecular weight is 374 g/mol. The maximum atomic E-state index is 13.2. The van der Waals surface area contributed by atoms with E-state index in [1.807, 2.05) is 24.3 Å². The highest BCUT2D eigenvalue weighted by molar-refractivity contribution is 5.99. The molecule has 1 aliphatic rings. The van der Waals surface area contributed by atoms with Crippen molar-refractivity contribution in [1.29, 1.82) is 0 Å². The Balaban J connectivity index is 1.42. The van der Waals surface area contributed by atoms with Crippen molar-refractivity contribution in [3.05, 3.63) is 59.7 Å². The third kappa shape index (κ3) is 4.81. The quantitative estimate of drug-likeness (QED) is 0.783. The molecule has 0 aliphatic heterocycles. The van der Waals surface area contributed by atoms with Crippen molar-refractivity contribution in [2.24, 2.45) is 11.8 Å². The van der Waals surface area contributed by atoms with Gasteiger partial charge in [-0.25, -0.2) is 8.78 Å². The van der Waals surface area contributed by atoms with Gasteiger partial charge in [-0.3, -0.25) is 9.59 Å². The van der Waals surface area contributed by atoms with E-state index in [9.17, 15) is 18.4 Å². The number of nitrogens with one attached hydrogen (secondary N) is 2.